The number of carbonyl (C=O) groups is 2. The fraction of sp³-hybridized carbons (Fsp3) is 0.222. The van der Waals surface area contributed by atoms with Gasteiger partial charge in [0.1, 0.15) is 12.2 Å². The van der Waals surface area contributed by atoms with Crippen LogP contribution in [0.2, 0.25) is 0 Å². The molecular formula is C9H8N4O8. The third-order valence-corrected chi connectivity index (χ3v) is 2.25. The highest BCUT2D eigenvalue weighted by atomic mass is 16.6. The van der Waals surface area contributed by atoms with Crippen LogP contribution in [0.4, 0.5) is 17.2 Å². The number of carboxylic acid groups (broad SMARTS) is 2. The first-order valence-corrected chi connectivity index (χ1v) is 5.22. The van der Waals surface area contributed by atoms with E-state index in [4.69, 9.17) is 10.2 Å². The van der Waals surface area contributed by atoms with E-state index in [9.17, 15) is 29.8 Å². The quantitative estimate of drug-likeness (QED) is 0.464. The lowest BCUT2D eigenvalue weighted by atomic mass is 10.2. The summed E-state index contributed by atoms with van der Waals surface area (Å²) in [6.07, 6.45) is -0.167. The molecule has 0 amide bonds. The van der Waals surface area contributed by atoms with Gasteiger partial charge in [0.05, 0.1) is 22.3 Å². The monoisotopic (exact) mass is 300 g/mol. The van der Waals surface area contributed by atoms with Crippen molar-refractivity contribution in [1.29, 1.82) is 0 Å². The summed E-state index contributed by atoms with van der Waals surface area (Å²) in [5, 5.41) is 40.8. The zero-order chi connectivity index (χ0) is 16.2. The fourth-order valence-corrected chi connectivity index (χ4v) is 1.33. The number of nitrogens with one attached hydrogen (secondary N) is 1. The summed E-state index contributed by atoms with van der Waals surface area (Å²) >= 11 is 0. The molecule has 0 saturated carbocycles. The minimum atomic E-state index is -1.67. The molecule has 0 aliphatic heterocycles. The largest absolute Gasteiger partial charge is 0.481 e. The van der Waals surface area contributed by atoms with Crippen molar-refractivity contribution >= 4 is 29.1 Å². The van der Waals surface area contributed by atoms with Crippen molar-refractivity contribution in [2.45, 2.75) is 12.5 Å². The van der Waals surface area contributed by atoms with E-state index in [1.165, 1.54) is 0 Å². The second-order valence-electron chi connectivity index (χ2n) is 3.71. The van der Waals surface area contributed by atoms with Gasteiger partial charge < -0.3 is 15.5 Å². The molecule has 0 radical (unpaired) electrons. The SMILES string of the molecule is O=C(O)C[C@H](Nc1ncc([N+](=O)[O-])cc1[N+](=O)[O-])C(=O)O. The average Bonchev–Trinajstić information content (AvgIpc) is 2.37. The Labute approximate surface area is 115 Å². The Bertz CT molecular complexity index is 616. The summed E-state index contributed by atoms with van der Waals surface area (Å²) in [6.45, 7) is 0. The van der Waals surface area contributed by atoms with Crippen LogP contribution in [-0.2, 0) is 9.59 Å². The Morgan fingerprint density at radius 3 is 2.33 bits per heavy atom. The minimum absolute atomic E-state index is 0.570. The molecule has 1 aromatic rings. The molecule has 3 N–H and O–H groups in total. The Hall–Kier alpha value is -3.31. The Morgan fingerprint density at radius 2 is 1.90 bits per heavy atom. The van der Waals surface area contributed by atoms with E-state index in [0.29, 0.717) is 12.3 Å². The zero-order valence-corrected chi connectivity index (χ0v) is 10.1. The Balaban J connectivity index is 3.16. The van der Waals surface area contributed by atoms with E-state index in [-0.39, 0.29) is 0 Å². The van der Waals surface area contributed by atoms with Crippen LogP contribution >= 0.6 is 0 Å². The van der Waals surface area contributed by atoms with E-state index in [1.54, 1.807) is 0 Å². The van der Waals surface area contributed by atoms with Gasteiger partial charge in [0.25, 0.3) is 5.69 Å². The molecule has 1 heterocycles. The molecule has 0 aromatic carbocycles. The highest BCUT2D eigenvalue weighted by Gasteiger charge is 2.27. The van der Waals surface area contributed by atoms with Gasteiger partial charge in [-0.2, -0.15) is 0 Å². The van der Waals surface area contributed by atoms with Crippen LogP contribution in [0.1, 0.15) is 6.42 Å². The molecule has 0 fully saturated rings. The highest BCUT2D eigenvalue weighted by molar-refractivity contribution is 5.83. The number of rotatable bonds is 7. The molecule has 0 aliphatic rings. The van der Waals surface area contributed by atoms with Crippen molar-refractivity contribution in [1.82, 2.24) is 4.98 Å². The summed E-state index contributed by atoms with van der Waals surface area (Å²) < 4.78 is 0. The Kier molecular flexibility index (Phi) is 4.67. The number of hydrogen-bond donors (Lipinski definition) is 3. The van der Waals surface area contributed by atoms with Gasteiger partial charge in [0, 0.05) is 0 Å². The van der Waals surface area contributed by atoms with Gasteiger partial charge in [-0.1, -0.05) is 0 Å². The number of hydrogen-bond acceptors (Lipinski definition) is 8. The maximum atomic E-state index is 10.9. The van der Waals surface area contributed by atoms with Crippen LogP contribution in [0.15, 0.2) is 12.3 Å². The van der Waals surface area contributed by atoms with E-state index in [0.717, 1.165) is 0 Å². The first kappa shape index (κ1) is 15.7. The molecule has 0 unspecified atom stereocenters. The van der Waals surface area contributed by atoms with Crippen molar-refractivity contribution in [2.75, 3.05) is 5.32 Å². The second kappa shape index (κ2) is 6.23. The smallest absolute Gasteiger partial charge is 0.326 e. The minimum Gasteiger partial charge on any atom is -0.481 e. The average molecular weight is 300 g/mol. The lowest BCUT2D eigenvalue weighted by molar-refractivity contribution is -0.394. The van der Waals surface area contributed by atoms with Gasteiger partial charge in [-0.25, -0.2) is 9.78 Å². The van der Waals surface area contributed by atoms with Crippen molar-refractivity contribution < 1.29 is 29.6 Å². The number of aliphatic carboxylic acids is 2. The summed E-state index contributed by atoms with van der Waals surface area (Å²) in [7, 11) is 0. The van der Waals surface area contributed by atoms with E-state index < -0.39 is 51.4 Å². The lowest BCUT2D eigenvalue weighted by Gasteiger charge is -2.12. The van der Waals surface area contributed by atoms with Gasteiger partial charge >= 0.3 is 17.6 Å². The predicted octanol–water partition coefficient (Wildman–Crippen LogP) is 0.238. The summed E-state index contributed by atoms with van der Waals surface area (Å²) in [6, 6.07) is -1.08. The molecule has 0 bridgehead atoms. The number of anilines is 1. The maximum Gasteiger partial charge on any atom is 0.326 e. The number of pyridine rings is 1. The molecule has 112 valence electrons. The summed E-state index contributed by atoms with van der Waals surface area (Å²) in [5.74, 6) is -3.58. The van der Waals surface area contributed by atoms with Crippen molar-refractivity contribution in [3.8, 4) is 0 Å². The van der Waals surface area contributed by atoms with E-state index in [2.05, 4.69) is 10.3 Å². The third kappa shape index (κ3) is 4.09. The lowest BCUT2D eigenvalue weighted by Crippen LogP contribution is -2.32. The fourth-order valence-electron chi connectivity index (χ4n) is 1.33. The van der Waals surface area contributed by atoms with Crippen LogP contribution in [0.3, 0.4) is 0 Å². The van der Waals surface area contributed by atoms with E-state index in [1.807, 2.05) is 0 Å². The van der Waals surface area contributed by atoms with Crippen molar-refractivity contribution in [3.63, 3.8) is 0 Å². The van der Waals surface area contributed by atoms with Gasteiger partial charge in [0.15, 0.2) is 0 Å². The molecule has 1 aromatic heterocycles. The third-order valence-electron chi connectivity index (χ3n) is 2.25. The van der Waals surface area contributed by atoms with Crippen LogP contribution in [0.5, 0.6) is 0 Å². The summed E-state index contributed by atoms with van der Waals surface area (Å²) in [4.78, 5) is 44.2. The van der Waals surface area contributed by atoms with Crippen molar-refractivity contribution in [3.05, 3.63) is 32.5 Å². The van der Waals surface area contributed by atoms with Crippen LogP contribution in [0.25, 0.3) is 0 Å². The molecule has 21 heavy (non-hydrogen) atoms. The van der Waals surface area contributed by atoms with E-state index >= 15 is 0 Å². The van der Waals surface area contributed by atoms with Gasteiger partial charge in [-0.15, -0.1) is 0 Å². The summed E-state index contributed by atoms with van der Waals surface area (Å²) in [5.41, 5.74) is -1.49. The molecule has 12 heteroatoms. The van der Waals surface area contributed by atoms with Crippen LogP contribution < -0.4 is 5.32 Å². The number of carboxylic acids is 2. The molecule has 0 saturated heterocycles. The number of aromatic nitrogens is 1. The van der Waals surface area contributed by atoms with Gasteiger partial charge in [-0.05, 0) is 0 Å². The molecular weight excluding hydrogens is 292 g/mol. The first-order chi connectivity index (χ1) is 9.72. The van der Waals surface area contributed by atoms with Gasteiger partial charge in [-0.3, -0.25) is 25.0 Å². The molecule has 1 rings (SSSR count). The van der Waals surface area contributed by atoms with Gasteiger partial charge in [0.2, 0.25) is 5.82 Å². The highest BCUT2D eigenvalue weighted by Crippen LogP contribution is 2.27. The maximum absolute atomic E-state index is 10.9. The predicted molar refractivity (Wildman–Crippen MR) is 64.8 cm³/mol. The topological polar surface area (TPSA) is 186 Å². The first-order valence-electron chi connectivity index (χ1n) is 5.22. The normalized spacial score (nSPS) is 11.4. The second-order valence-corrected chi connectivity index (χ2v) is 3.71. The van der Waals surface area contributed by atoms with Crippen LogP contribution in [-0.4, -0.2) is 43.0 Å². The van der Waals surface area contributed by atoms with Crippen LogP contribution in [0, 0.1) is 20.2 Å². The zero-order valence-electron chi connectivity index (χ0n) is 10.1. The standard InChI is InChI=1S/C9H8N4O8/c14-7(15)2-5(9(16)17)11-8-6(13(20)21)1-4(3-10-8)12(18)19/h1,3,5H,2H2,(H,10,11)(H,14,15)(H,16,17)/t5-/m0/s1. The van der Waals surface area contributed by atoms with Crippen molar-refractivity contribution in [2.24, 2.45) is 0 Å². The Morgan fingerprint density at radius 1 is 1.29 bits per heavy atom. The molecule has 12 nitrogen and oxygen atoms in total. The molecule has 1 atom stereocenters. The number of nitro groups is 2. The number of nitrogens with zero attached hydrogens (tertiary/aromatic N) is 3. The molecule has 0 aliphatic carbocycles. The molecule has 0 spiro atoms.